The average Bonchev–Trinajstić information content (AvgIpc) is 3.52. The molecule has 1 atom stereocenters. The van der Waals surface area contributed by atoms with Crippen molar-refractivity contribution in [2.24, 2.45) is 0 Å². The summed E-state index contributed by atoms with van der Waals surface area (Å²) in [5.74, 6) is 0.315. The second kappa shape index (κ2) is 14.6. The van der Waals surface area contributed by atoms with Crippen LogP contribution in [0.4, 0.5) is 5.69 Å². The Bertz CT molecular complexity index is 1510. The summed E-state index contributed by atoms with van der Waals surface area (Å²) in [7, 11) is -1.18. The molecule has 1 fully saturated rings. The molecule has 1 N–H and O–H groups in total. The summed E-state index contributed by atoms with van der Waals surface area (Å²) in [5.41, 5.74) is 0.966. The molecule has 1 saturated carbocycles. The molecule has 0 aliphatic heterocycles. The topological polar surface area (TPSA) is 105 Å². The van der Waals surface area contributed by atoms with Crippen molar-refractivity contribution < 1.29 is 27.5 Å². The first kappa shape index (κ1) is 32.2. The Balaban J connectivity index is 1.72. The van der Waals surface area contributed by atoms with E-state index >= 15 is 0 Å². The maximum Gasteiger partial charge on any atom is 0.264 e. The van der Waals surface area contributed by atoms with Gasteiger partial charge in [-0.3, -0.25) is 13.9 Å². The quantitative estimate of drug-likeness (QED) is 0.271. The summed E-state index contributed by atoms with van der Waals surface area (Å²) in [6, 6.07) is 18.7. The lowest BCUT2D eigenvalue weighted by Gasteiger charge is -2.34. The van der Waals surface area contributed by atoms with E-state index in [4.69, 9.17) is 21.1 Å². The molecule has 0 radical (unpaired) electrons. The summed E-state index contributed by atoms with van der Waals surface area (Å²) in [4.78, 5) is 29.3. The molecule has 1 aliphatic carbocycles. The standard InChI is InChI=1S/C32H38ClN3O6S/c1-4-30(32(38)34-25-11-5-6-12-25)35(21-23-9-7-14-28(19-23)42-3)31(37)22-36(26-13-8-10-24(33)20-26)43(39,40)29-17-15-27(41-2)16-18-29/h7-10,13-20,25,30H,4-6,11-12,21-22H2,1-3H3,(H,34,38). The van der Waals surface area contributed by atoms with Crippen LogP contribution in [0, 0.1) is 0 Å². The number of halogens is 1. The number of nitrogens with zero attached hydrogens (tertiary/aromatic N) is 2. The number of ether oxygens (including phenoxy) is 2. The molecule has 3 aromatic carbocycles. The fourth-order valence-electron chi connectivity index (χ4n) is 5.29. The molecule has 43 heavy (non-hydrogen) atoms. The Morgan fingerprint density at radius 2 is 1.63 bits per heavy atom. The summed E-state index contributed by atoms with van der Waals surface area (Å²) < 4.78 is 39.6. The van der Waals surface area contributed by atoms with Crippen LogP contribution in [0.5, 0.6) is 11.5 Å². The molecule has 0 heterocycles. The van der Waals surface area contributed by atoms with E-state index in [-0.39, 0.29) is 29.1 Å². The number of sulfonamides is 1. The molecule has 2 amide bonds. The summed E-state index contributed by atoms with van der Waals surface area (Å²) >= 11 is 6.26. The van der Waals surface area contributed by atoms with Gasteiger partial charge in [-0.2, -0.15) is 0 Å². The molecular weight excluding hydrogens is 590 g/mol. The van der Waals surface area contributed by atoms with Crippen LogP contribution < -0.4 is 19.1 Å². The number of nitrogens with one attached hydrogen (secondary N) is 1. The smallest absolute Gasteiger partial charge is 0.264 e. The van der Waals surface area contributed by atoms with Gasteiger partial charge in [0.1, 0.15) is 24.1 Å². The van der Waals surface area contributed by atoms with Crippen molar-refractivity contribution in [1.29, 1.82) is 0 Å². The molecule has 11 heteroatoms. The van der Waals surface area contributed by atoms with E-state index in [0.717, 1.165) is 35.6 Å². The minimum Gasteiger partial charge on any atom is -0.497 e. The van der Waals surface area contributed by atoms with Crippen LogP contribution in [0.15, 0.2) is 77.7 Å². The molecule has 0 aromatic heterocycles. The number of hydrogen-bond donors (Lipinski definition) is 1. The lowest BCUT2D eigenvalue weighted by molar-refractivity contribution is -0.140. The number of methoxy groups -OCH3 is 2. The van der Waals surface area contributed by atoms with E-state index in [1.807, 2.05) is 19.1 Å². The average molecular weight is 628 g/mol. The first-order chi connectivity index (χ1) is 20.7. The Morgan fingerprint density at radius 3 is 2.26 bits per heavy atom. The van der Waals surface area contributed by atoms with E-state index in [9.17, 15) is 18.0 Å². The lowest BCUT2D eigenvalue weighted by atomic mass is 10.1. The number of rotatable bonds is 13. The van der Waals surface area contributed by atoms with Crippen LogP contribution in [0.2, 0.25) is 5.02 Å². The van der Waals surface area contributed by atoms with Crippen LogP contribution in [-0.4, -0.2) is 58.0 Å². The summed E-state index contributed by atoms with van der Waals surface area (Å²) in [6.07, 6.45) is 4.23. The Labute approximate surface area is 258 Å². The van der Waals surface area contributed by atoms with Gasteiger partial charge in [0.25, 0.3) is 10.0 Å². The Morgan fingerprint density at radius 1 is 0.953 bits per heavy atom. The van der Waals surface area contributed by atoms with Crippen molar-refractivity contribution in [1.82, 2.24) is 10.2 Å². The summed E-state index contributed by atoms with van der Waals surface area (Å²) in [5, 5.41) is 3.43. The number of amides is 2. The monoisotopic (exact) mass is 627 g/mol. The second-order valence-corrected chi connectivity index (χ2v) is 12.8. The number of hydrogen-bond acceptors (Lipinski definition) is 6. The van der Waals surface area contributed by atoms with Gasteiger partial charge in [0, 0.05) is 17.6 Å². The van der Waals surface area contributed by atoms with Gasteiger partial charge in [-0.25, -0.2) is 8.42 Å². The van der Waals surface area contributed by atoms with Gasteiger partial charge in [-0.05, 0) is 79.4 Å². The highest BCUT2D eigenvalue weighted by Gasteiger charge is 2.34. The van der Waals surface area contributed by atoms with Gasteiger partial charge in [-0.1, -0.05) is 49.6 Å². The first-order valence-electron chi connectivity index (χ1n) is 14.3. The van der Waals surface area contributed by atoms with Crippen LogP contribution in [0.25, 0.3) is 0 Å². The van der Waals surface area contributed by atoms with Gasteiger partial charge in [-0.15, -0.1) is 0 Å². The predicted molar refractivity (Wildman–Crippen MR) is 167 cm³/mol. The molecule has 0 saturated heterocycles. The normalized spacial score (nSPS) is 14.1. The maximum atomic E-state index is 14.2. The van der Waals surface area contributed by atoms with E-state index in [0.29, 0.717) is 22.9 Å². The second-order valence-electron chi connectivity index (χ2n) is 10.5. The first-order valence-corrected chi connectivity index (χ1v) is 16.1. The number of benzene rings is 3. The molecule has 0 spiro atoms. The van der Waals surface area contributed by atoms with Crippen LogP contribution in [0.3, 0.4) is 0 Å². The SMILES string of the molecule is CCC(C(=O)NC1CCCC1)N(Cc1cccc(OC)c1)C(=O)CN(c1cccc(Cl)c1)S(=O)(=O)c1ccc(OC)cc1. The van der Waals surface area contributed by atoms with Crippen molar-refractivity contribution in [2.45, 2.75) is 62.6 Å². The highest BCUT2D eigenvalue weighted by Crippen LogP contribution is 2.28. The van der Waals surface area contributed by atoms with E-state index in [1.165, 1.54) is 30.2 Å². The third kappa shape index (κ3) is 8.00. The third-order valence-electron chi connectivity index (χ3n) is 7.60. The van der Waals surface area contributed by atoms with Crippen LogP contribution >= 0.6 is 11.6 Å². The molecule has 9 nitrogen and oxygen atoms in total. The van der Waals surface area contributed by atoms with Crippen molar-refractivity contribution in [3.05, 3.63) is 83.4 Å². The number of carbonyl (C=O) groups excluding carboxylic acids is 2. The Kier molecular flexibility index (Phi) is 10.9. The molecule has 1 unspecified atom stereocenters. The zero-order valence-electron chi connectivity index (χ0n) is 24.7. The molecule has 3 aromatic rings. The van der Waals surface area contributed by atoms with Crippen molar-refractivity contribution >= 4 is 39.1 Å². The zero-order valence-corrected chi connectivity index (χ0v) is 26.2. The predicted octanol–water partition coefficient (Wildman–Crippen LogP) is 5.42. The van der Waals surface area contributed by atoms with Gasteiger partial charge < -0.3 is 19.7 Å². The molecule has 1 aliphatic rings. The zero-order chi connectivity index (χ0) is 31.0. The Hall–Kier alpha value is -3.76. The maximum absolute atomic E-state index is 14.2. The van der Waals surface area contributed by atoms with Crippen LogP contribution in [0.1, 0.15) is 44.6 Å². The highest BCUT2D eigenvalue weighted by atomic mass is 35.5. The van der Waals surface area contributed by atoms with Gasteiger partial charge in [0.2, 0.25) is 11.8 Å². The minimum atomic E-state index is -4.23. The van der Waals surface area contributed by atoms with Crippen molar-refractivity contribution in [2.75, 3.05) is 25.1 Å². The van der Waals surface area contributed by atoms with E-state index in [2.05, 4.69) is 5.32 Å². The number of carbonyl (C=O) groups is 2. The van der Waals surface area contributed by atoms with Gasteiger partial charge >= 0.3 is 0 Å². The largest absolute Gasteiger partial charge is 0.497 e. The van der Waals surface area contributed by atoms with Crippen LogP contribution in [-0.2, 0) is 26.2 Å². The minimum absolute atomic E-state index is 0.0218. The lowest BCUT2D eigenvalue weighted by Crippen LogP contribution is -2.53. The molecule has 0 bridgehead atoms. The fourth-order valence-corrected chi connectivity index (χ4v) is 6.88. The van der Waals surface area contributed by atoms with E-state index in [1.54, 1.807) is 49.6 Å². The third-order valence-corrected chi connectivity index (χ3v) is 9.62. The summed E-state index contributed by atoms with van der Waals surface area (Å²) in [6.45, 7) is 1.37. The van der Waals surface area contributed by atoms with Gasteiger partial charge in [0.15, 0.2) is 0 Å². The van der Waals surface area contributed by atoms with E-state index < -0.39 is 28.5 Å². The number of anilines is 1. The van der Waals surface area contributed by atoms with Crippen molar-refractivity contribution in [3.63, 3.8) is 0 Å². The molecule has 230 valence electrons. The van der Waals surface area contributed by atoms with Crippen molar-refractivity contribution in [3.8, 4) is 11.5 Å². The molecular formula is C32H38ClN3O6S. The molecule has 4 rings (SSSR count). The van der Waals surface area contributed by atoms with Gasteiger partial charge in [0.05, 0.1) is 24.8 Å². The fraction of sp³-hybridized carbons (Fsp3) is 0.375. The highest BCUT2D eigenvalue weighted by molar-refractivity contribution is 7.92.